The van der Waals surface area contributed by atoms with E-state index in [9.17, 15) is 13.2 Å². The van der Waals surface area contributed by atoms with Gasteiger partial charge in [-0.2, -0.15) is 0 Å². The molecule has 2 aromatic rings. The van der Waals surface area contributed by atoms with Crippen molar-refractivity contribution in [1.82, 2.24) is 14.9 Å². The summed E-state index contributed by atoms with van der Waals surface area (Å²) in [6.07, 6.45) is 0.653. The Morgan fingerprint density at radius 2 is 1.88 bits per heavy atom. The molecule has 24 heavy (non-hydrogen) atoms. The first kappa shape index (κ1) is 18.5. The van der Waals surface area contributed by atoms with E-state index in [0.717, 1.165) is 16.9 Å². The number of benzene rings is 1. The number of carbonyl (C=O) groups excluding carboxylic acids is 1. The summed E-state index contributed by atoms with van der Waals surface area (Å²) in [5.41, 5.74) is 0.890. The van der Waals surface area contributed by atoms with Crippen LogP contribution in [-0.2, 0) is 14.8 Å². The van der Waals surface area contributed by atoms with Gasteiger partial charge in [-0.15, -0.1) is 10.2 Å². The fourth-order valence-corrected chi connectivity index (χ4v) is 4.37. The van der Waals surface area contributed by atoms with E-state index < -0.39 is 10.0 Å². The molecule has 1 amide bonds. The topological polar surface area (TPSA) is 101 Å². The molecule has 9 heteroatoms. The molecular formula is C15H20N4O3S2. The van der Waals surface area contributed by atoms with Gasteiger partial charge >= 0.3 is 0 Å². The highest BCUT2D eigenvalue weighted by molar-refractivity contribution is 7.91. The number of nitrogens with zero attached hydrogens (tertiary/aromatic N) is 2. The van der Waals surface area contributed by atoms with Gasteiger partial charge in [0.1, 0.15) is 0 Å². The second-order valence-electron chi connectivity index (χ2n) is 5.77. The maximum atomic E-state index is 12.6. The fourth-order valence-electron chi connectivity index (χ4n) is 2.17. The first-order valence-electron chi connectivity index (χ1n) is 7.46. The monoisotopic (exact) mass is 368 g/mol. The molecule has 0 aliphatic heterocycles. The number of aromatic nitrogens is 2. The Balaban J connectivity index is 2.23. The summed E-state index contributed by atoms with van der Waals surface area (Å²) in [5, 5.41) is 9.93. The van der Waals surface area contributed by atoms with Crippen molar-refractivity contribution in [3.8, 4) is 0 Å². The van der Waals surface area contributed by atoms with Gasteiger partial charge in [-0.3, -0.25) is 4.79 Å². The normalized spacial score (nSPS) is 13.0. The molecule has 130 valence electrons. The van der Waals surface area contributed by atoms with Crippen molar-refractivity contribution in [2.45, 2.75) is 37.6 Å². The predicted octanol–water partition coefficient (Wildman–Crippen LogP) is 2.56. The highest BCUT2D eigenvalue weighted by atomic mass is 32.2. The van der Waals surface area contributed by atoms with Gasteiger partial charge in [-0.25, -0.2) is 13.1 Å². The SMILES string of the molecule is CC(=O)Nc1nnc(S(=O)(=O)NC(CC(C)C)c2ccccc2)s1. The molecular weight excluding hydrogens is 348 g/mol. The van der Waals surface area contributed by atoms with E-state index in [4.69, 9.17) is 0 Å². The van der Waals surface area contributed by atoms with E-state index in [1.807, 2.05) is 44.2 Å². The number of rotatable bonds is 7. The standard InChI is InChI=1S/C15H20N4O3S2/c1-10(2)9-13(12-7-5-4-6-8-12)19-24(21,22)15-18-17-14(23-15)16-11(3)20/h4-8,10,13,19H,9H2,1-3H3,(H,16,17,20). The lowest BCUT2D eigenvalue weighted by Gasteiger charge is -2.20. The van der Waals surface area contributed by atoms with E-state index >= 15 is 0 Å². The first-order valence-corrected chi connectivity index (χ1v) is 9.76. The molecule has 0 radical (unpaired) electrons. The largest absolute Gasteiger partial charge is 0.301 e. The van der Waals surface area contributed by atoms with E-state index in [-0.39, 0.29) is 21.4 Å². The molecule has 1 aromatic carbocycles. The summed E-state index contributed by atoms with van der Waals surface area (Å²) < 4.78 is 27.7. The fraction of sp³-hybridized carbons (Fsp3) is 0.400. The zero-order valence-electron chi connectivity index (χ0n) is 13.7. The van der Waals surface area contributed by atoms with Gasteiger partial charge in [0, 0.05) is 13.0 Å². The van der Waals surface area contributed by atoms with Gasteiger partial charge in [0.25, 0.3) is 10.0 Å². The Hall–Kier alpha value is -1.84. The van der Waals surface area contributed by atoms with Crippen molar-refractivity contribution in [1.29, 1.82) is 0 Å². The average Bonchev–Trinajstić information content (AvgIpc) is 2.95. The molecule has 0 spiro atoms. The van der Waals surface area contributed by atoms with Gasteiger partial charge in [0.05, 0.1) is 0 Å². The van der Waals surface area contributed by atoms with E-state index in [1.165, 1.54) is 6.92 Å². The van der Waals surface area contributed by atoms with Crippen molar-refractivity contribution in [3.63, 3.8) is 0 Å². The lowest BCUT2D eigenvalue weighted by Crippen LogP contribution is -2.29. The average molecular weight is 368 g/mol. The van der Waals surface area contributed by atoms with Crippen molar-refractivity contribution >= 4 is 32.4 Å². The Bertz CT molecular complexity index is 788. The van der Waals surface area contributed by atoms with Crippen LogP contribution in [0.3, 0.4) is 0 Å². The van der Waals surface area contributed by atoms with Crippen LogP contribution in [0.5, 0.6) is 0 Å². The van der Waals surface area contributed by atoms with E-state index in [0.29, 0.717) is 12.3 Å². The summed E-state index contributed by atoms with van der Waals surface area (Å²) in [7, 11) is -3.82. The van der Waals surface area contributed by atoms with Crippen molar-refractivity contribution < 1.29 is 13.2 Å². The smallest absolute Gasteiger partial charge is 0.270 e. The minimum Gasteiger partial charge on any atom is -0.301 e. The third-order valence-corrected chi connectivity index (χ3v) is 5.80. The number of sulfonamides is 1. The second kappa shape index (κ2) is 7.82. The highest BCUT2D eigenvalue weighted by Crippen LogP contribution is 2.26. The first-order chi connectivity index (χ1) is 11.3. The third kappa shape index (κ3) is 5.08. The van der Waals surface area contributed by atoms with Crippen LogP contribution in [0.1, 0.15) is 38.8 Å². The number of hydrogen-bond acceptors (Lipinski definition) is 6. The van der Waals surface area contributed by atoms with Crippen LogP contribution in [0.4, 0.5) is 5.13 Å². The quantitative estimate of drug-likeness (QED) is 0.732. The van der Waals surface area contributed by atoms with Crippen molar-refractivity contribution in [2.75, 3.05) is 5.32 Å². The molecule has 2 rings (SSSR count). The van der Waals surface area contributed by atoms with E-state index in [1.54, 1.807) is 0 Å². The van der Waals surface area contributed by atoms with Gasteiger partial charge < -0.3 is 5.32 Å². The summed E-state index contributed by atoms with van der Waals surface area (Å²) >= 11 is 0.820. The van der Waals surface area contributed by atoms with Crippen LogP contribution >= 0.6 is 11.3 Å². The van der Waals surface area contributed by atoms with Crippen LogP contribution in [0.25, 0.3) is 0 Å². The van der Waals surface area contributed by atoms with Crippen LogP contribution in [-0.4, -0.2) is 24.5 Å². The van der Waals surface area contributed by atoms with Crippen LogP contribution in [0, 0.1) is 5.92 Å². The third-order valence-electron chi connectivity index (χ3n) is 3.13. The van der Waals surface area contributed by atoms with Gasteiger partial charge in [0.15, 0.2) is 0 Å². The minimum atomic E-state index is -3.82. The van der Waals surface area contributed by atoms with Crippen molar-refractivity contribution in [3.05, 3.63) is 35.9 Å². The Kier molecular flexibility index (Phi) is 6.03. The molecule has 1 atom stereocenters. The number of nitrogens with one attached hydrogen (secondary N) is 2. The molecule has 0 bridgehead atoms. The second-order valence-corrected chi connectivity index (χ2v) is 8.63. The van der Waals surface area contributed by atoms with Gasteiger partial charge in [-0.05, 0) is 17.9 Å². The zero-order valence-corrected chi connectivity index (χ0v) is 15.3. The number of hydrogen-bond donors (Lipinski definition) is 2. The maximum absolute atomic E-state index is 12.6. The van der Waals surface area contributed by atoms with E-state index in [2.05, 4.69) is 20.2 Å². The Labute approximate surface area is 145 Å². The van der Waals surface area contributed by atoms with Crippen molar-refractivity contribution in [2.24, 2.45) is 5.92 Å². The molecule has 0 aliphatic carbocycles. The lowest BCUT2D eigenvalue weighted by molar-refractivity contribution is -0.114. The molecule has 0 saturated heterocycles. The Morgan fingerprint density at radius 3 is 2.46 bits per heavy atom. The van der Waals surface area contributed by atoms with Crippen LogP contribution in [0.15, 0.2) is 34.7 Å². The molecule has 0 fully saturated rings. The molecule has 7 nitrogen and oxygen atoms in total. The number of anilines is 1. The summed E-state index contributed by atoms with van der Waals surface area (Å²) in [6.45, 7) is 5.38. The van der Waals surface area contributed by atoms with Crippen LogP contribution < -0.4 is 10.0 Å². The van der Waals surface area contributed by atoms with Gasteiger partial charge in [-0.1, -0.05) is 55.5 Å². The summed E-state index contributed by atoms with van der Waals surface area (Å²) in [6, 6.07) is 9.04. The molecule has 1 heterocycles. The molecule has 0 aliphatic rings. The number of carbonyl (C=O) groups is 1. The van der Waals surface area contributed by atoms with Gasteiger partial charge in [0.2, 0.25) is 15.4 Å². The number of amides is 1. The molecule has 1 unspecified atom stereocenters. The molecule has 2 N–H and O–H groups in total. The highest BCUT2D eigenvalue weighted by Gasteiger charge is 2.26. The summed E-state index contributed by atoms with van der Waals surface area (Å²) in [5.74, 6) is -0.0210. The predicted molar refractivity (Wildman–Crippen MR) is 93.2 cm³/mol. The summed E-state index contributed by atoms with van der Waals surface area (Å²) in [4.78, 5) is 11.0. The minimum absolute atomic E-state index is 0.156. The maximum Gasteiger partial charge on any atom is 0.270 e. The molecule has 1 aromatic heterocycles. The van der Waals surface area contributed by atoms with Crippen LogP contribution in [0.2, 0.25) is 0 Å². The molecule has 0 saturated carbocycles. The Morgan fingerprint density at radius 1 is 1.21 bits per heavy atom. The lowest BCUT2D eigenvalue weighted by atomic mass is 9.98. The zero-order chi connectivity index (χ0) is 17.7.